The van der Waals surface area contributed by atoms with Crippen molar-refractivity contribution in [2.45, 2.75) is 6.92 Å². The number of amides is 2. The van der Waals surface area contributed by atoms with Crippen LogP contribution in [0.3, 0.4) is 0 Å². The predicted molar refractivity (Wildman–Crippen MR) is 107 cm³/mol. The van der Waals surface area contributed by atoms with E-state index in [9.17, 15) is 19.7 Å². The number of anilines is 2. The highest BCUT2D eigenvalue weighted by Gasteiger charge is 2.22. The van der Waals surface area contributed by atoms with E-state index < -0.39 is 16.7 Å². The summed E-state index contributed by atoms with van der Waals surface area (Å²) in [5.74, 6) is -1.10. The van der Waals surface area contributed by atoms with Crippen molar-refractivity contribution in [3.8, 4) is 5.75 Å². The van der Waals surface area contributed by atoms with Crippen molar-refractivity contribution in [2.75, 3.05) is 17.7 Å². The molecule has 0 saturated heterocycles. The van der Waals surface area contributed by atoms with E-state index in [0.717, 1.165) is 11.8 Å². The largest absolute Gasteiger partial charge is 0.490 e. The Morgan fingerprint density at radius 3 is 2.30 bits per heavy atom. The fraction of sp³-hybridized carbons (Fsp3) is 0.222. The van der Waals surface area contributed by atoms with Crippen LogP contribution in [0.5, 0.6) is 5.75 Å². The number of nitrogens with one attached hydrogen (secondary N) is 2. The van der Waals surface area contributed by atoms with Gasteiger partial charge in [0.05, 0.1) is 41.5 Å². The highest BCUT2D eigenvalue weighted by molar-refractivity contribution is 6.11. The summed E-state index contributed by atoms with van der Waals surface area (Å²) in [6, 6.07) is 3.81. The van der Waals surface area contributed by atoms with Gasteiger partial charge < -0.3 is 15.4 Å². The quantitative estimate of drug-likeness (QED) is 0.463. The van der Waals surface area contributed by atoms with Gasteiger partial charge >= 0.3 is 5.69 Å². The van der Waals surface area contributed by atoms with Gasteiger partial charge in [0.25, 0.3) is 11.8 Å². The van der Waals surface area contributed by atoms with Gasteiger partial charge in [0, 0.05) is 25.7 Å². The zero-order chi connectivity index (χ0) is 22.0. The van der Waals surface area contributed by atoms with E-state index in [4.69, 9.17) is 4.74 Å². The highest BCUT2D eigenvalue weighted by Crippen LogP contribution is 2.28. The molecule has 1 aromatic carbocycles. The number of ether oxygens (including phenoxy) is 1. The van der Waals surface area contributed by atoms with E-state index in [1.165, 1.54) is 36.3 Å². The van der Waals surface area contributed by atoms with Crippen LogP contribution >= 0.6 is 0 Å². The minimum Gasteiger partial charge on any atom is -0.490 e. The third kappa shape index (κ3) is 3.83. The van der Waals surface area contributed by atoms with Gasteiger partial charge in [-0.2, -0.15) is 10.2 Å². The highest BCUT2D eigenvalue weighted by atomic mass is 16.6. The second-order valence-corrected chi connectivity index (χ2v) is 6.35. The summed E-state index contributed by atoms with van der Waals surface area (Å²) in [6.45, 7) is 1.80. The number of carbonyl (C=O) groups excluding carboxylic acids is 2. The second-order valence-electron chi connectivity index (χ2n) is 6.35. The minimum atomic E-state index is -0.644. The SMILES string of the molecule is COc1ccc(C(=O)Nc2cnn(C)c2C(=O)Nc2cnn(C)c2C)cc1[N+](=O)[O-]. The average Bonchev–Trinajstić information content (AvgIpc) is 3.23. The van der Waals surface area contributed by atoms with Crippen LogP contribution in [0.25, 0.3) is 0 Å². The van der Waals surface area contributed by atoms with E-state index in [2.05, 4.69) is 20.8 Å². The van der Waals surface area contributed by atoms with Crippen molar-refractivity contribution in [2.24, 2.45) is 14.1 Å². The van der Waals surface area contributed by atoms with Gasteiger partial charge in [0.2, 0.25) is 0 Å². The molecule has 2 aromatic heterocycles. The molecule has 156 valence electrons. The molecule has 0 atom stereocenters. The summed E-state index contributed by atoms with van der Waals surface area (Å²) in [4.78, 5) is 35.9. The molecule has 0 fully saturated rings. The summed E-state index contributed by atoms with van der Waals surface area (Å²) in [6.07, 6.45) is 2.83. The van der Waals surface area contributed by atoms with Crippen molar-refractivity contribution < 1.29 is 19.2 Å². The van der Waals surface area contributed by atoms with Gasteiger partial charge in [-0.15, -0.1) is 0 Å². The lowest BCUT2D eigenvalue weighted by Crippen LogP contribution is -2.20. The van der Waals surface area contributed by atoms with Crippen molar-refractivity contribution in [3.63, 3.8) is 0 Å². The standard InChI is InChI=1S/C18H19N7O5/c1-10-12(8-19-23(10)2)21-18(27)16-13(9-20-24(16)3)22-17(26)11-5-6-15(30-4)14(7-11)25(28)29/h5-9H,1-4H3,(H,21,27)(H,22,26). The van der Waals surface area contributed by atoms with Crippen LogP contribution in [0.15, 0.2) is 30.6 Å². The fourth-order valence-corrected chi connectivity index (χ4v) is 2.77. The molecule has 30 heavy (non-hydrogen) atoms. The summed E-state index contributed by atoms with van der Waals surface area (Å²) in [5.41, 5.74) is 1.21. The van der Waals surface area contributed by atoms with Crippen LogP contribution in [-0.4, -0.2) is 43.4 Å². The number of hydrogen-bond acceptors (Lipinski definition) is 7. The summed E-state index contributed by atoms with van der Waals surface area (Å²) in [5, 5.41) is 24.6. The number of aryl methyl sites for hydroxylation is 2. The van der Waals surface area contributed by atoms with Crippen molar-refractivity contribution in [1.29, 1.82) is 0 Å². The maximum Gasteiger partial charge on any atom is 0.311 e. The first-order chi connectivity index (χ1) is 14.2. The third-order valence-electron chi connectivity index (χ3n) is 4.52. The Morgan fingerprint density at radius 2 is 1.70 bits per heavy atom. The molecule has 0 unspecified atom stereocenters. The Kier molecular flexibility index (Phi) is 5.49. The lowest BCUT2D eigenvalue weighted by molar-refractivity contribution is -0.385. The molecule has 0 radical (unpaired) electrons. The maximum absolute atomic E-state index is 12.8. The fourth-order valence-electron chi connectivity index (χ4n) is 2.77. The summed E-state index contributed by atoms with van der Waals surface area (Å²) in [7, 11) is 4.60. The van der Waals surface area contributed by atoms with Crippen LogP contribution in [0.1, 0.15) is 26.5 Å². The smallest absolute Gasteiger partial charge is 0.311 e. The van der Waals surface area contributed by atoms with Crippen LogP contribution in [0.4, 0.5) is 17.1 Å². The molecule has 2 N–H and O–H groups in total. The van der Waals surface area contributed by atoms with Crippen LogP contribution in [0.2, 0.25) is 0 Å². The number of nitro groups is 1. The first-order valence-electron chi connectivity index (χ1n) is 8.68. The number of nitrogens with zero attached hydrogens (tertiary/aromatic N) is 5. The molecule has 3 aromatic rings. The Balaban J connectivity index is 1.85. The number of nitro benzene ring substituents is 1. The molecular formula is C18H19N7O5. The molecule has 0 spiro atoms. The van der Waals surface area contributed by atoms with E-state index in [0.29, 0.717) is 5.69 Å². The van der Waals surface area contributed by atoms with E-state index >= 15 is 0 Å². The predicted octanol–water partition coefficient (Wildman–Crippen LogP) is 1.88. The maximum atomic E-state index is 12.8. The lowest BCUT2D eigenvalue weighted by atomic mass is 10.1. The molecule has 0 aliphatic carbocycles. The van der Waals surface area contributed by atoms with Gasteiger partial charge in [0.1, 0.15) is 5.69 Å². The van der Waals surface area contributed by atoms with Crippen LogP contribution in [0, 0.1) is 17.0 Å². The number of hydrogen-bond donors (Lipinski definition) is 2. The first-order valence-corrected chi connectivity index (χ1v) is 8.68. The Bertz CT molecular complexity index is 1150. The Morgan fingerprint density at radius 1 is 1.07 bits per heavy atom. The Labute approximate surface area is 170 Å². The van der Waals surface area contributed by atoms with E-state index in [1.807, 2.05) is 0 Å². The molecule has 0 saturated carbocycles. The van der Waals surface area contributed by atoms with Gasteiger partial charge in [-0.05, 0) is 19.1 Å². The van der Waals surface area contributed by atoms with Crippen LogP contribution in [-0.2, 0) is 14.1 Å². The van der Waals surface area contributed by atoms with E-state index in [-0.39, 0.29) is 28.4 Å². The zero-order valence-electron chi connectivity index (χ0n) is 16.7. The molecule has 0 aliphatic rings. The monoisotopic (exact) mass is 413 g/mol. The normalized spacial score (nSPS) is 10.5. The topological polar surface area (TPSA) is 146 Å². The number of carbonyl (C=O) groups is 2. The second kappa shape index (κ2) is 8.03. The molecule has 2 amide bonds. The minimum absolute atomic E-state index is 0.0285. The molecule has 12 nitrogen and oxygen atoms in total. The van der Waals surface area contributed by atoms with E-state index in [1.54, 1.807) is 25.7 Å². The van der Waals surface area contributed by atoms with Gasteiger partial charge in [0.15, 0.2) is 5.75 Å². The third-order valence-corrected chi connectivity index (χ3v) is 4.52. The van der Waals surface area contributed by atoms with Gasteiger partial charge in [-0.3, -0.25) is 29.1 Å². The first kappa shape index (κ1) is 20.5. The Hall–Kier alpha value is -4.22. The van der Waals surface area contributed by atoms with Gasteiger partial charge in [-0.25, -0.2) is 0 Å². The molecule has 3 rings (SSSR count). The van der Waals surface area contributed by atoms with Crippen molar-refractivity contribution in [3.05, 3.63) is 57.7 Å². The summed E-state index contributed by atoms with van der Waals surface area (Å²) < 4.78 is 7.86. The van der Waals surface area contributed by atoms with Crippen molar-refractivity contribution in [1.82, 2.24) is 19.6 Å². The average molecular weight is 413 g/mol. The number of benzene rings is 1. The number of methoxy groups -OCH3 is 1. The molecule has 0 aliphatic heterocycles. The lowest BCUT2D eigenvalue weighted by Gasteiger charge is -2.09. The summed E-state index contributed by atoms with van der Waals surface area (Å²) >= 11 is 0. The zero-order valence-corrected chi connectivity index (χ0v) is 16.7. The number of aromatic nitrogens is 4. The molecular weight excluding hydrogens is 394 g/mol. The van der Waals surface area contributed by atoms with Gasteiger partial charge in [-0.1, -0.05) is 0 Å². The molecule has 2 heterocycles. The van der Waals surface area contributed by atoms with Crippen molar-refractivity contribution >= 4 is 28.9 Å². The van der Waals surface area contributed by atoms with Crippen LogP contribution < -0.4 is 15.4 Å². The molecule has 12 heteroatoms. The molecule has 0 bridgehead atoms. The number of rotatable bonds is 6.